The molecule has 1 aromatic carbocycles. The average Bonchev–Trinajstić information content (AvgIpc) is 2.95. The number of carbonyl (C=O) groups is 1. The second-order valence-corrected chi connectivity index (χ2v) is 4.97. The highest BCUT2D eigenvalue weighted by atomic mass is 19.1. The van der Waals surface area contributed by atoms with Crippen molar-refractivity contribution in [2.24, 2.45) is 0 Å². The smallest absolute Gasteiger partial charge is 0.230 e. The van der Waals surface area contributed by atoms with E-state index in [0.717, 1.165) is 22.2 Å². The van der Waals surface area contributed by atoms with Crippen molar-refractivity contribution in [1.82, 2.24) is 10.1 Å². The van der Waals surface area contributed by atoms with Gasteiger partial charge in [0.1, 0.15) is 11.6 Å². The van der Waals surface area contributed by atoms with Crippen LogP contribution in [0.1, 0.15) is 17.0 Å². The van der Waals surface area contributed by atoms with E-state index in [1.54, 1.807) is 19.1 Å². The molecule has 0 aliphatic heterocycles. The highest BCUT2D eigenvalue weighted by Crippen LogP contribution is 2.23. The zero-order valence-electron chi connectivity index (χ0n) is 11.7. The van der Waals surface area contributed by atoms with E-state index >= 15 is 0 Å². The molecule has 0 fully saturated rings. The number of aromatic nitrogens is 2. The van der Waals surface area contributed by atoms with Crippen LogP contribution in [0.25, 0.3) is 10.9 Å². The molecule has 2 aromatic heterocycles. The Morgan fingerprint density at radius 3 is 2.90 bits per heavy atom. The number of nitrogens with one attached hydrogen (secondary N) is 2. The Labute approximate surface area is 120 Å². The van der Waals surface area contributed by atoms with Gasteiger partial charge < -0.3 is 14.8 Å². The predicted octanol–water partition coefficient (Wildman–Crippen LogP) is 3.09. The van der Waals surface area contributed by atoms with E-state index in [-0.39, 0.29) is 18.1 Å². The first kappa shape index (κ1) is 13.4. The van der Waals surface area contributed by atoms with Crippen molar-refractivity contribution in [2.75, 3.05) is 5.32 Å². The highest BCUT2D eigenvalue weighted by molar-refractivity contribution is 5.95. The second-order valence-electron chi connectivity index (χ2n) is 4.97. The fourth-order valence-electron chi connectivity index (χ4n) is 2.36. The van der Waals surface area contributed by atoms with Crippen molar-refractivity contribution in [1.29, 1.82) is 0 Å². The van der Waals surface area contributed by atoms with Gasteiger partial charge in [-0.1, -0.05) is 5.16 Å². The van der Waals surface area contributed by atoms with Gasteiger partial charge in [-0.3, -0.25) is 4.79 Å². The number of aryl methyl sites for hydroxylation is 2. The zero-order valence-corrected chi connectivity index (χ0v) is 11.7. The van der Waals surface area contributed by atoms with Crippen molar-refractivity contribution < 1.29 is 13.7 Å². The van der Waals surface area contributed by atoms with Crippen LogP contribution in [0.5, 0.6) is 0 Å². The van der Waals surface area contributed by atoms with Crippen LogP contribution in [0.2, 0.25) is 0 Å². The first-order valence-electron chi connectivity index (χ1n) is 6.53. The molecule has 0 unspecified atom stereocenters. The van der Waals surface area contributed by atoms with E-state index in [2.05, 4.69) is 15.5 Å². The first-order chi connectivity index (χ1) is 10.0. The molecule has 1 amide bonds. The van der Waals surface area contributed by atoms with Gasteiger partial charge in [-0.15, -0.1) is 0 Å². The molecule has 5 nitrogen and oxygen atoms in total. The monoisotopic (exact) mass is 287 g/mol. The lowest BCUT2D eigenvalue weighted by Gasteiger charge is -2.02. The predicted molar refractivity (Wildman–Crippen MR) is 76.6 cm³/mol. The summed E-state index contributed by atoms with van der Waals surface area (Å²) in [5, 5.41) is 7.09. The number of hydrogen-bond acceptors (Lipinski definition) is 3. The Balaban J connectivity index is 1.85. The molecule has 0 aliphatic carbocycles. The number of halogens is 1. The summed E-state index contributed by atoms with van der Waals surface area (Å²) in [6.45, 7) is 3.61. The van der Waals surface area contributed by atoms with E-state index in [9.17, 15) is 9.18 Å². The van der Waals surface area contributed by atoms with Gasteiger partial charge in [-0.25, -0.2) is 4.39 Å². The molecule has 6 heteroatoms. The van der Waals surface area contributed by atoms with Crippen LogP contribution in [0, 0.1) is 19.7 Å². The van der Waals surface area contributed by atoms with E-state index in [4.69, 9.17) is 4.52 Å². The summed E-state index contributed by atoms with van der Waals surface area (Å²) in [6, 6.07) is 6.13. The van der Waals surface area contributed by atoms with Gasteiger partial charge in [-0.2, -0.15) is 0 Å². The summed E-state index contributed by atoms with van der Waals surface area (Å²) in [6.07, 6.45) is 0.140. The van der Waals surface area contributed by atoms with Crippen molar-refractivity contribution in [3.05, 3.63) is 47.1 Å². The summed E-state index contributed by atoms with van der Waals surface area (Å²) in [5.41, 5.74) is 2.44. The van der Waals surface area contributed by atoms with Gasteiger partial charge in [0.05, 0.1) is 6.42 Å². The van der Waals surface area contributed by atoms with Crippen molar-refractivity contribution in [3.63, 3.8) is 0 Å². The van der Waals surface area contributed by atoms with Gasteiger partial charge in [-0.05, 0) is 37.6 Å². The van der Waals surface area contributed by atoms with Crippen molar-refractivity contribution >= 4 is 22.6 Å². The second kappa shape index (κ2) is 5.05. The van der Waals surface area contributed by atoms with Crippen LogP contribution in [-0.4, -0.2) is 16.0 Å². The minimum Gasteiger partial charge on any atom is -0.360 e. The molecule has 108 valence electrons. The molecule has 21 heavy (non-hydrogen) atoms. The third-order valence-electron chi connectivity index (χ3n) is 3.31. The summed E-state index contributed by atoms with van der Waals surface area (Å²) >= 11 is 0. The number of hydrogen-bond donors (Lipinski definition) is 2. The van der Waals surface area contributed by atoms with E-state index in [1.807, 2.05) is 6.92 Å². The number of amides is 1. The topological polar surface area (TPSA) is 70.9 Å². The fourth-order valence-corrected chi connectivity index (χ4v) is 2.36. The van der Waals surface area contributed by atoms with E-state index in [1.165, 1.54) is 12.1 Å². The van der Waals surface area contributed by atoms with Crippen LogP contribution in [0.15, 0.2) is 28.8 Å². The molecule has 0 spiro atoms. The number of aromatic amines is 1. The summed E-state index contributed by atoms with van der Waals surface area (Å²) < 4.78 is 18.3. The maximum atomic E-state index is 13.4. The molecule has 0 saturated heterocycles. The Morgan fingerprint density at radius 2 is 2.19 bits per heavy atom. The Hall–Kier alpha value is -2.63. The van der Waals surface area contributed by atoms with Crippen LogP contribution >= 0.6 is 0 Å². The van der Waals surface area contributed by atoms with Gasteiger partial charge >= 0.3 is 0 Å². The number of anilines is 1. The molecular weight excluding hydrogens is 273 g/mol. The van der Waals surface area contributed by atoms with Gasteiger partial charge in [0.25, 0.3) is 0 Å². The van der Waals surface area contributed by atoms with Crippen LogP contribution < -0.4 is 5.32 Å². The fraction of sp³-hybridized carbons (Fsp3) is 0.200. The van der Waals surface area contributed by atoms with Crippen molar-refractivity contribution in [2.45, 2.75) is 20.3 Å². The minimum absolute atomic E-state index is 0.140. The van der Waals surface area contributed by atoms with Gasteiger partial charge in [0.2, 0.25) is 5.91 Å². The average molecular weight is 287 g/mol. The number of nitrogens with zero attached hydrogens (tertiary/aromatic N) is 1. The quantitative estimate of drug-likeness (QED) is 0.777. The number of H-pyrrole nitrogens is 1. The number of carbonyl (C=O) groups excluding carboxylic acids is 1. The molecule has 0 aliphatic rings. The standard InChI is InChI=1S/C15H14FN3O2/c1-8-5-14(19-21-8)18-15(20)7-11-9(2)17-13-4-3-10(16)6-12(11)13/h3-6,17H,7H2,1-2H3,(H,18,19,20). The van der Waals surface area contributed by atoms with E-state index < -0.39 is 0 Å². The summed E-state index contributed by atoms with van der Waals surface area (Å²) in [4.78, 5) is 15.2. The molecule has 3 aromatic rings. The molecule has 0 atom stereocenters. The van der Waals surface area contributed by atoms with Crippen molar-refractivity contribution in [3.8, 4) is 0 Å². The van der Waals surface area contributed by atoms with Crippen LogP contribution in [0.3, 0.4) is 0 Å². The molecular formula is C15H14FN3O2. The number of fused-ring (bicyclic) bond motifs is 1. The minimum atomic E-state index is -0.324. The molecule has 0 bridgehead atoms. The van der Waals surface area contributed by atoms with E-state index in [0.29, 0.717) is 11.6 Å². The largest absolute Gasteiger partial charge is 0.360 e. The van der Waals surface area contributed by atoms with Crippen LogP contribution in [0.4, 0.5) is 10.2 Å². The number of rotatable bonds is 3. The SMILES string of the molecule is Cc1cc(NC(=O)Cc2c(C)[nH]c3ccc(F)cc23)no1. The highest BCUT2D eigenvalue weighted by Gasteiger charge is 2.14. The maximum absolute atomic E-state index is 13.4. The normalized spacial score (nSPS) is 11.0. The molecule has 0 radical (unpaired) electrons. The first-order valence-corrected chi connectivity index (χ1v) is 6.53. The maximum Gasteiger partial charge on any atom is 0.230 e. The third kappa shape index (κ3) is 2.65. The number of benzene rings is 1. The van der Waals surface area contributed by atoms with Crippen LogP contribution in [-0.2, 0) is 11.2 Å². The molecule has 3 rings (SSSR count). The Kier molecular flexibility index (Phi) is 3.21. The lowest BCUT2D eigenvalue weighted by atomic mass is 10.1. The lowest BCUT2D eigenvalue weighted by molar-refractivity contribution is -0.115. The molecule has 2 N–H and O–H groups in total. The van der Waals surface area contributed by atoms with Gasteiger partial charge in [0.15, 0.2) is 5.82 Å². The van der Waals surface area contributed by atoms with Gasteiger partial charge in [0, 0.05) is 22.7 Å². The lowest BCUT2D eigenvalue weighted by Crippen LogP contribution is -2.15. The third-order valence-corrected chi connectivity index (χ3v) is 3.31. The Morgan fingerprint density at radius 1 is 1.38 bits per heavy atom. The summed E-state index contributed by atoms with van der Waals surface area (Å²) in [7, 11) is 0. The Bertz CT molecular complexity index is 820. The zero-order chi connectivity index (χ0) is 15.0. The molecule has 2 heterocycles. The summed E-state index contributed by atoms with van der Waals surface area (Å²) in [5.74, 6) is 0.448. The molecule has 0 saturated carbocycles.